The molecule has 1 fully saturated rings. The summed E-state index contributed by atoms with van der Waals surface area (Å²) in [6.07, 6.45) is 1.82. The van der Waals surface area contributed by atoms with Gasteiger partial charge in [0.2, 0.25) is 0 Å². The van der Waals surface area contributed by atoms with Gasteiger partial charge < -0.3 is 15.5 Å². The molecule has 1 aliphatic rings. The Morgan fingerprint density at radius 3 is 2.42 bits per heavy atom. The minimum atomic E-state index is -0.217. The molecule has 1 saturated heterocycles. The highest BCUT2D eigenvalue weighted by Gasteiger charge is 2.25. The minimum absolute atomic E-state index is 0.00167. The smallest absolute Gasteiger partial charge is 0.317 e. The van der Waals surface area contributed by atoms with Crippen molar-refractivity contribution < 1.29 is 9.59 Å². The van der Waals surface area contributed by atoms with Crippen LogP contribution < -0.4 is 10.6 Å². The van der Waals surface area contributed by atoms with Gasteiger partial charge in [-0.05, 0) is 67.6 Å². The van der Waals surface area contributed by atoms with Crippen LogP contribution in [0.25, 0.3) is 0 Å². The van der Waals surface area contributed by atoms with Crippen LogP contribution >= 0.6 is 15.9 Å². The lowest BCUT2D eigenvalue weighted by atomic mass is 9.96. The van der Waals surface area contributed by atoms with Gasteiger partial charge in [-0.2, -0.15) is 0 Å². The highest BCUT2D eigenvalue weighted by Crippen LogP contribution is 2.19. The number of likely N-dealkylation sites (tertiary alicyclic amines) is 1. The van der Waals surface area contributed by atoms with Crippen molar-refractivity contribution >= 4 is 27.9 Å². The topological polar surface area (TPSA) is 61.4 Å². The van der Waals surface area contributed by atoms with Gasteiger partial charge in [0, 0.05) is 29.6 Å². The zero-order chi connectivity index (χ0) is 17.7. The van der Waals surface area contributed by atoms with E-state index in [1.165, 1.54) is 0 Å². The van der Waals surface area contributed by atoms with E-state index in [0.29, 0.717) is 18.0 Å². The van der Waals surface area contributed by atoms with Gasteiger partial charge in [0.15, 0.2) is 0 Å². The van der Waals surface area contributed by atoms with Gasteiger partial charge in [0.1, 0.15) is 0 Å². The maximum atomic E-state index is 12.2. The summed E-state index contributed by atoms with van der Waals surface area (Å²) >= 11 is 3.40. The van der Waals surface area contributed by atoms with Gasteiger partial charge in [0.25, 0.3) is 5.91 Å². The molecule has 0 radical (unpaired) electrons. The van der Waals surface area contributed by atoms with Gasteiger partial charge in [-0.1, -0.05) is 12.1 Å². The summed E-state index contributed by atoms with van der Waals surface area (Å²) in [7, 11) is 0. The molecule has 0 aromatic heterocycles. The third-order valence-corrected chi connectivity index (χ3v) is 4.74. The number of carbonyl (C=O) groups is 2. The molecule has 0 saturated carbocycles. The first kappa shape index (κ1) is 18.8. The van der Waals surface area contributed by atoms with Crippen LogP contribution in [0.5, 0.6) is 0 Å². The first-order valence-corrected chi connectivity index (χ1v) is 9.15. The number of nitrogens with one attached hydrogen (secondary N) is 2. The highest BCUT2D eigenvalue weighted by atomic mass is 79.9. The summed E-state index contributed by atoms with van der Waals surface area (Å²) in [5, 5.41) is 6.00. The molecule has 0 atom stereocenters. The Bertz CT molecular complexity index is 590. The Balaban J connectivity index is 1.76. The van der Waals surface area contributed by atoms with Crippen LogP contribution in [0.3, 0.4) is 0 Å². The second-order valence-corrected chi connectivity index (χ2v) is 8.15. The predicted octanol–water partition coefficient (Wildman–Crippen LogP) is 3.40. The molecule has 3 amide bonds. The van der Waals surface area contributed by atoms with E-state index in [-0.39, 0.29) is 17.5 Å². The quantitative estimate of drug-likeness (QED) is 0.823. The molecule has 5 nitrogen and oxygen atoms in total. The first-order chi connectivity index (χ1) is 11.3. The van der Waals surface area contributed by atoms with Gasteiger partial charge in [-0.15, -0.1) is 0 Å². The molecule has 6 heteroatoms. The first-order valence-electron chi connectivity index (χ1n) is 8.36. The van der Waals surface area contributed by atoms with E-state index >= 15 is 0 Å². The molecule has 2 rings (SSSR count). The third-order valence-electron chi connectivity index (χ3n) is 4.05. The van der Waals surface area contributed by atoms with Gasteiger partial charge >= 0.3 is 6.03 Å². The number of carbonyl (C=O) groups excluding carboxylic acids is 2. The molecule has 1 heterocycles. The van der Waals surface area contributed by atoms with E-state index in [2.05, 4.69) is 26.6 Å². The second-order valence-electron chi connectivity index (χ2n) is 7.30. The highest BCUT2D eigenvalue weighted by molar-refractivity contribution is 9.10. The van der Waals surface area contributed by atoms with Crippen LogP contribution in [0, 0.1) is 5.92 Å². The van der Waals surface area contributed by atoms with Crippen molar-refractivity contribution in [1.29, 1.82) is 0 Å². The van der Waals surface area contributed by atoms with Crippen molar-refractivity contribution in [1.82, 2.24) is 15.5 Å². The summed E-state index contributed by atoms with van der Waals surface area (Å²) in [5.41, 5.74) is 0.435. The SMILES string of the molecule is CC(C)(C)NC(=O)N1CCC(CNC(=O)c2ccccc2Br)CC1. The molecule has 0 bridgehead atoms. The van der Waals surface area contributed by atoms with Crippen LogP contribution in [-0.2, 0) is 0 Å². The fraction of sp³-hybridized carbons (Fsp3) is 0.556. The van der Waals surface area contributed by atoms with E-state index in [9.17, 15) is 9.59 Å². The number of hydrogen-bond acceptors (Lipinski definition) is 2. The molecule has 1 aliphatic heterocycles. The van der Waals surface area contributed by atoms with E-state index in [1.54, 1.807) is 6.07 Å². The zero-order valence-electron chi connectivity index (χ0n) is 14.6. The van der Waals surface area contributed by atoms with E-state index in [1.807, 2.05) is 43.9 Å². The predicted molar refractivity (Wildman–Crippen MR) is 99.1 cm³/mol. The lowest BCUT2D eigenvalue weighted by Crippen LogP contribution is -2.51. The molecule has 132 valence electrons. The summed E-state index contributed by atoms with van der Waals surface area (Å²) in [6.45, 7) is 8.06. The lowest BCUT2D eigenvalue weighted by Gasteiger charge is -2.34. The number of urea groups is 1. The summed E-state index contributed by atoms with van der Waals surface area (Å²) in [4.78, 5) is 26.2. The third kappa shape index (κ3) is 5.51. The van der Waals surface area contributed by atoms with Gasteiger partial charge in [0.05, 0.1) is 5.56 Å². The Hall–Kier alpha value is -1.56. The van der Waals surface area contributed by atoms with E-state index in [0.717, 1.165) is 30.4 Å². The summed E-state index contributed by atoms with van der Waals surface area (Å²) < 4.78 is 0.802. The average molecular weight is 396 g/mol. The molecule has 24 heavy (non-hydrogen) atoms. The Labute approximate surface area is 152 Å². The monoisotopic (exact) mass is 395 g/mol. The van der Waals surface area contributed by atoms with Crippen LogP contribution in [0.1, 0.15) is 44.0 Å². The van der Waals surface area contributed by atoms with Crippen LogP contribution in [-0.4, -0.2) is 42.0 Å². The number of rotatable bonds is 3. The van der Waals surface area contributed by atoms with Crippen LogP contribution in [0.15, 0.2) is 28.7 Å². The van der Waals surface area contributed by atoms with Gasteiger partial charge in [-0.25, -0.2) is 4.79 Å². The summed E-state index contributed by atoms with van der Waals surface area (Å²) in [5.74, 6) is 0.352. The minimum Gasteiger partial charge on any atom is -0.352 e. The van der Waals surface area contributed by atoms with Crippen LogP contribution in [0.2, 0.25) is 0 Å². The van der Waals surface area contributed by atoms with Crippen molar-refractivity contribution in [3.05, 3.63) is 34.3 Å². The molecule has 0 aliphatic carbocycles. The number of benzene rings is 1. The maximum absolute atomic E-state index is 12.2. The normalized spacial score (nSPS) is 15.9. The molecule has 1 aromatic carbocycles. The summed E-state index contributed by atoms with van der Waals surface area (Å²) in [6, 6.07) is 7.41. The van der Waals surface area contributed by atoms with E-state index in [4.69, 9.17) is 0 Å². The van der Waals surface area contributed by atoms with Crippen LogP contribution in [0.4, 0.5) is 4.79 Å². The number of piperidine rings is 1. The number of amides is 3. The molecule has 2 N–H and O–H groups in total. The Morgan fingerprint density at radius 1 is 1.21 bits per heavy atom. The van der Waals surface area contributed by atoms with Crippen molar-refractivity contribution in [2.24, 2.45) is 5.92 Å². The van der Waals surface area contributed by atoms with E-state index < -0.39 is 0 Å². The fourth-order valence-electron chi connectivity index (χ4n) is 2.72. The standard InChI is InChI=1S/C18H26BrN3O2/c1-18(2,3)21-17(24)22-10-8-13(9-11-22)12-20-16(23)14-6-4-5-7-15(14)19/h4-7,13H,8-12H2,1-3H3,(H,20,23)(H,21,24). The largest absolute Gasteiger partial charge is 0.352 e. The number of halogens is 1. The zero-order valence-corrected chi connectivity index (χ0v) is 16.1. The number of hydrogen-bond donors (Lipinski definition) is 2. The Kier molecular flexibility index (Phi) is 6.27. The van der Waals surface area contributed by atoms with Gasteiger partial charge in [-0.3, -0.25) is 4.79 Å². The van der Waals surface area contributed by atoms with Crippen molar-refractivity contribution in [3.8, 4) is 0 Å². The molecule has 0 unspecified atom stereocenters. The van der Waals surface area contributed by atoms with Crippen molar-refractivity contribution in [3.63, 3.8) is 0 Å². The number of nitrogens with zero attached hydrogens (tertiary/aromatic N) is 1. The van der Waals surface area contributed by atoms with Crippen molar-refractivity contribution in [2.45, 2.75) is 39.2 Å². The molecule has 1 aromatic rings. The molecule has 0 spiro atoms. The second kappa shape index (κ2) is 8.01. The fourth-order valence-corrected chi connectivity index (χ4v) is 3.18. The lowest BCUT2D eigenvalue weighted by molar-refractivity contribution is 0.0936. The molecular weight excluding hydrogens is 370 g/mol. The maximum Gasteiger partial charge on any atom is 0.317 e. The Morgan fingerprint density at radius 2 is 1.83 bits per heavy atom. The molecular formula is C18H26BrN3O2. The average Bonchev–Trinajstić information content (AvgIpc) is 2.52. The van der Waals surface area contributed by atoms with Crippen molar-refractivity contribution in [2.75, 3.05) is 19.6 Å².